The van der Waals surface area contributed by atoms with Crippen molar-refractivity contribution in [2.75, 3.05) is 6.61 Å². The lowest BCUT2D eigenvalue weighted by Gasteiger charge is -2.51. The summed E-state index contributed by atoms with van der Waals surface area (Å²) < 4.78 is 0. The van der Waals surface area contributed by atoms with Gasteiger partial charge in [-0.1, -0.05) is 19.9 Å². The summed E-state index contributed by atoms with van der Waals surface area (Å²) in [4.78, 5) is 24.4. The van der Waals surface area contributed by atoms with Gasteiger partial charge in [-0.15, -0.1) is 0 Å². The van der Waals surface area contributed by atoms with Crippen molar-refractivity contribution in [1.82, 2.24) is 0 Å². The summed E-state index contributed by atoms with van der Waals surface area (Å²) in [6.45, 7) is 5.44. The number of Topliss-reactive ketones (excluding diaryl/α,β-unsaturated/α-hetero) is 2. The zero-order valence-corrected chi connectivity index (χ0v) is 10.7. The Bertz CT molecular complexity index is 410. The number of carbonyl (C=O) groups excluding carboxylic acids is 2. The molecular weight excluding hydrogens is 216 g/mol. The molecule has 0 radical (unpaired) electrons. The molecule has 17 heavy (non-hydrogen) atoms. The smallest absolute Gasteiger partial charge is 0.164 e. The molecule has 0 aliphatic heterocycles. The highest BCUT2D eigenvalue weighted by Crippen LogP contribution is 2.54. The molecule has 1 fully saturated rings. The summed E-state index contributed by atoms with van der Waals surface area (Å²) in [5.41, 5.74) is -0.414. The van der Waals surface area contributed by atoms with Crippen LogP contribution >= 0.6 is 0 Å². The van der Waals surface area contributed by atoms with Gasteiger partial charge in [-0.25, -0.2) is 0 Å². The second-order valence-electron chi connectivity index (χ2n) is 5.92. The number of rotatable bonds is 1. The Hall–Kier alpha value is -0.960. The molecule has 0 aromatic rings. The topological polar surface area (TPSA) is 54.4 Å². The van der Waals surface area contributed by atoms with Crippen LogP contribution in [-0.2, 0) is 9.59 Å². The summed E-state index contributed by atoms with van der Waals surface area (Å²) in [6.07, 6.45) is 3.66. The highest BCUT2D eigenvalue weighted by atomic mass is 16.3. The van der Waals surface area contributed by atoms with E-state index in [2.05, 4.69) is 0 Å². The lowest BCUT2D eigenvalue weighted by atomic mass is 9.51. The highest BCUT2D eigenvalue weighted by molar-refractivity contribution is 6.02. The van der Waals surface area contributed by atoms with Crippen LogP contribution < -0.4 is 0 Å². The van der Waals surface area contributed by atoms with Crippen LogP contribution in [0.25, 0.3) is 0 Å². The molecule has 0 aromatic carbocycles. The van der Waals surface area contributed by atoms with Gasteiger partial charge in [-0.2, -0.15) is 0 Å². The second kappa shape index (κ2) is 3.77. The molecule has 0 heterocycles. The maximum absolute atomic E-state index is 12.3. The van der Waals surface area contributed by atoms with Crippen molar-refractivity contribution in [3.8, 4) is 0 Å². The van der Waals surface area contributed by atoms with E-state index in [1.54, 1.807) is 6.92 Å². The molecule has 0 unspecified atom stereocenters. The molecule has 3 nitrogen and oxygen atoms in total. The van der Waals surface area contributed by atoms with Crippen LogP contribution in [0, 0.1) is 16.7 Å². The zero-order chi connectivity index (χ0) is 12.8. The second-order valence-corrected chi connectivity index (χ2v) is 5.92. The van der Waals surface area contributed by atoms with Crippen LogP contribution in [0.2, 0.25) is 0 Å². The molecule has 0 aromatic heterocycles. The molecule has 0 saturated heterocycles. The van der Waals surface area contributed by atoms with Gasteiger partial charge in [0.2, 0.25) is 0 Å². The standard InChI is InChI=1S/C14H20O3/c1-9-4-5-10-13(2,12(9)17)7-6-11(16)14(10,3)8-15/h4,10,15H,5-8H2,1-3H3/t10-,13+,14+/m1/s1. The van der Waals surface area contributed by atoms with Gasteiger partial charge in [-0.05, 0) is 31.3 Å². The van der Waals surface area contributed by atoms with Gasteiger partial charge >= 0.3 is 0 Å². The van der Waals surface area contributed by atoms with Crippen molar-refractivity contribution in [1.29, 1.82) is 0 Å². The zero-order valence-electron chi connectivity index (χ0n) is 10.7. The molecule has 3 atom stereocenters. The van der Waals surface area contributed by atoms with Crippen molar-refractivity contribution in [3.05, 3.63) is 11.6 Å². The number of aliphatic hydroxyl groups excluding tert-OH is 1. The monoisotopic (exact) mass is 236 g/mol. The number of hydrogen-bond donors (Lipinski definition) is 1. The van der Waals surface area contributed by atoms with Crippen LogP contribution in [0.15, 0.2) is 11.6 Å². The molecule has 0 spiro atoms. The molecule has 2 rings (SSSR count). The summed E-state index contributed by atoms with van der Waals surface area (Å²) >= 11 is 0. The molecular formula is C14H20O3. The van der Waals surface area contributed by atoms with Crippen molar-refractivity contribution in [2.45, 2.75) is 40.0 Å². The minimum absolute atomic E-state index is 0.0579. The fourth-order valence-corrected chi connectivity index (χ4v) is 3.56. The van der Waals surface area contributed by atoms with E-state index in [9.17, 15) is 14.7 Å². The molecule has 3 heteroatoms. The third kappa shape index (κ3) is 1.52. The first kappa shape index (κ1) is 12.5. The Labute approximate surface area is 102 Å². The van der Waals surface area contributed by atoms with Gasteiger partial charge in [0.1, 0.15) is 5.78 Å². The van der Waals surface area contributed by atoms with Crippen molar-refractivity contribution < 1.29 is 14.7 Å². The lowest BCUT2D eigenvalue weighted by molar-refractivity contribution is -0.152. The van der Waals surface area contributed by atoms with E-state index in [-0.39, 0.29) is 24.1 Å². The number of carbonyl (C=O) groups is 2. The fraction of sp³-hybridized carbons (Fsp3) is 0.714. The predicted molar refractivity (Wildman–Crippen MR) is 64.4 cm³/mol. The van der Waals surface area contributed by atoms with Crippen LogP contribution in [0.5, 0.6) is 0 Å². The minimum Gasteiger partial charge on any atom is -0.395 e. The summed E-state index contributed by atoms with van der Waals surface area (Å²) in [5.74, 6) is 0.196. The number of aliphatic hydroxyl groups is 1. The minimum atomic E-state index is -0.750. The van der Waals surface area contributed by atoms with E-state index >= 15 is 0 Å². The Morgan fingerprint density at radius 1 is 1.41 bits per heavy atom. The average molecular weight is 236 g/mol. The molecule has 1 N–H and O–H groups in total. The Kier molecular flexibility index (Phi) is 2.77. The first-order valence-corrected chi connectivity index (χ1v) is 6.22. The van der Waals surface area contributed by atoms with Crippen LogP contribution in [-0.4, -0.2) is 23.3 Å². The van der Waals surface area contributed by atoms with E-state index in [1.165, 1.54) is 0 Å². The molecule has 2 aliphatic carbocycles. The normalized spacial score (nSPS) is 42.1. The third-order valence-corrected chi connectivity index (χ3v) is 4.91. The van der Waals surface area contributed by atoms with Crippen molar-refractivity contribution in [2.24, 2.45) is 16.7 Å². The molecule has 94 valence electrons. The first-order valence-electron chi connectivity index (χ1n) is 6.22. The summed E-state index contributed by atoms with van der Waals surface area (Å²) in [6, 6.07) is 0. The Morgan fingerprint density at radius 3 is 2.65 bits per heavy atom. The SMILES string of the molecule is CC1=CC[C@H]2[C@](C)(CO)C(=O)CC[C@]2(C)C1=O. The quantitative estimate of drug-likeness (QED) is 0.756. The largest absolute Gasteiger partial charge is 0.395 e. The lowest BCUT2D eigenvalue weighted by Crippen LogP contribution is -2.55. The van der Waals surface area contributed by atoms with Gasteiger partial charge in [0.25, 0.3) is 0 Å². The fourth-order valence-electron chi connectivity index (χ4n) is 3.56. The number of fused-ring (bicyclic) bond motifs is 1. The van der Waals surface area contributed by atoms with E-state index < -0.39 is 10.8 Å². The van der Waals surface area contributed by atoms with E-state index in [1.807, 2.05) is 19.9 Å². The van der Waals surface area contributed by atoms with Crippen LogP contribution in [0.1, 0.15) is 40.0 Å². The third-order valence-electron chi connectivity index (χ3n) is 4.91. The Balaban J connectivity index is 2.49. The van der Waals surface area contributed by atoms with E-state index in [0.717, 1.165) is 12.0 Å². The van der Waals surface area contributed by atoms with Crippen LogP contribution in [0.4, 0.5) is 0 Å². The maximum atomic E-state index is 12.3. The van der Waals surface area contributed by atoms with Crippen LogP contribution in [0.3, 0.4) is 0 Å². The van der Waals surface area contributed by atoms with Gasteiger partial charge < -0.3 is 5.11 Å². The van der Waals surface area contributed by atoms with Gasteiger partial charge in [-0.3, -0.25) is 9.59 Å². The van der Waals surface area contributed by atoms with E-state index in [4.69, 9.17) is 0 Å². The highest BCUT2D eigenvalue weighted by Gasteiger charge is 2.57. The van der Waals surface area contributed by atoms with Crippen molar-refractivity contribution >= 4 is 11.6 Å². The number of ketones is 2. The molecule has 0 amide bonds. The molecule has 0 bridgehead atoms. The predicted octanol–water partition coefficient (Wildman–Crippen LogP) is 1.89. The van der Waals surface area contributed by atoms with Gasteiger partial charge in [0.15, 0.2) is 5.78 Å². The Morgan fingerprint density at radius 2 is 2.06 bits per heavy atom. The van der Waals surface area contributed by atoms with Crippen molar-refractivity contribution in [3.63, 3.8) is 0 Å². The first-order chi connectivity index (χ1) is 7.86. The number of allylic oxidation sites excluding steroid dienone is 2. The summed E-state index contributed by atoms with van der Waals surface area (Å²) in [5, 5.41) is 9.57. The average Bonchev–Trinajstić information content (AvgIpc) is 2.31. The maximum Gasteiger partial charge on any atom is 0.164 e. The van der Waals surface area contributed by atoms with Gasteiger partial charge in [0, 0.05) is 11.8 Å². The molecule has 1 saturated carbocycles. The van der Waals surface area contributed by atoms with E-state index in [0.29, 0.717) is 12.8 Å². The summed E-state index contributed by atoms with van der Waals surface area (Å²) in [7, 11) is 0. The number of hydrogen-bond acceptors (Lipinski definition) is 3. The van der Waals surface area contributed by atoms with Gasteiger partial charge in [0.05, 0.1) is 12.0 Å². The molecule has 2 aliphatic rings.